The maximum atomic E-state index is 12.7. The van der Waals surface area contributed by atoms with E-state index in [0.29, 0.717) is 16.9 Å². The van der Waals surface area contributed by atoms with Crippen molar-refractivity contribution >= 4 is 39.6 Å². The second-order valence-electron chi connectivity index (χ2n) is 6.85. The minimum atomic E-state index is -0.785. The fourth-order valence-corrected chi connectivity index (χ4v) is 4.14. The molecule has 0 saturated heterocycles. The number of esters is 1. The van der Waals surface area contributed by atoms with Crippen molar-refractivity contribution in [1.29, 1.82) is 0 Å². The second kappa shape index (κ2) is 10.5. The van der Waals surface area contributed by atoms with Gasteiger partial charge in [0.25, 0.3) is 11.4 Å². The van der Waals surface area contributed by atoms with Crippen LogP contribution in [0.25, 0.3) is 11.1 Å². The van der Waals surface area contributed by atoms with E-state index in [1.54, 1.807) is 36.6 Å². The molecule has 12 heteroatoms. The molecule has 3 rings (SSSR count). The van der Waals surface area contributed by atoms with E-state index < -0.39 is 39.5 Å². The molecule has 0 saturated carbocycles. The second-order valence-corrected chi connectivity index (χ2v) is 7.73. The average molecular weight is 485 g/mol. The number of methoxy groups -OCH3 is 1. The average Bonchev–Trinajstić information content (AvgIpc) is 3.22. The maximum absolute atomic E-state index is 12.7. The molecule has 1 heterocycles. The quantitative estimate of drug-likeness (QED) is 0.262. The highest BCUT2D eigenvalue weighted by Crippen LogP contribution is 2.37. The molecule has 176 valence electrons. The van der Waals surface area contributed by atoms with Crippen LogP contribution in [0.4, 0.5) is 16.4 Å². The summed E-state index contributed by atoms with van der Waals surface area (Å²) in [5, 5.41) is 26.8. The number of thiophene rings is 1. The van der Waals surface area contributed by atoms with Crippen LogP contribution in [0.5, 0.6) is 5.75 Å². The fraction of sp³-hybridized carbons (Fsp3) is 0.182. The number of rotatable bonds is 9. The number of anilines is 1. The highest BCUT2D eigenvalue weighted by Gasteiger charge is 2.25. The Morgan fingerprint density at radius 3 is 2.35 bits per heavy atom. The topological polar surface area (TPSA) is 151 Å². The molecule has 0 bridgehead atoms. The van der Waals surface area contributed by atoms with Crippen LogP contribution in [0.2, 0.25) is 0 Å². The molecule has 34 heavy (non-hydrogen) atoms. The number of ether oxygens (including phenoxy) is 2. The molecule has 1 N–H and O–H groups in total. The van der Waals surface area contributed by atoms with E-state index >= 15 is 0 Å². The maximum Gasteiger partial charge on any atom is 0.341 e. The standard InChI is InChI=1S/C22H19N3O8S/c1-3-33-22(27)20-17(13-5-8-16(32-2)9-6-13)12-34-21(20)23-19(26)10-14-4-7-15(24(28)29)11-18(14)25(30)31/h4-9,11-12H,3,10H2,1-2H3,(H,23,26). The Labute approximate surface area is 197 Å². The summed E-state index contributed by atoms with van der Waals surface area (Å²) < 4.78 is 10.3. The van der Waals surface area contributed by atoms with Crippen molar-refractivity contribution in [2.75, 3.05) is 19.0 Å². The van der Waals surface area contributed by atoms with Gasteiger partial charge in [0.05, 0.1) is 36.1 Å². The zero-order valence-corrected chi connectivity index (χ0v) is 18.9. The van der Waals surface area contributed by atoms with E-state index in [1.165, 1.54) is 13.2 Å². The first-order valence-electron chi connectivity index (χ1n) is 9.89. The van der Waals surface area contributed by atoms with Crippen molar-refractivity contribution in [1.82, 2.24) is 0 Å². The lowest BCUT2D eigenvalue weighted by atomic mass is 10.0. The van der Waals surface area contributed by atoms with E-state index in [4.69, 9.17) is 9.47 Å². The van der Waals surface area contributed by atoms with Gasteiger partial charge in [-0.2, -0.15) is 0 Å². The third kappa shape index (κ3) is 5.35. The Morgan fingerprint density at radius 1 is 1.06 bits per heavy atom. The molecular weight excluding hydrogens is 466 g/mol. The monoisotopic (exact) mass is 485 g/mol. The number of nitrogens with zero attached hydrogens (tertiary/aromatic N) is 2. The predicted octanol–water partition coefficient (Wildman–Crippen LogP) is 4.60. The minimum Gasteiger partial charge on any atom is -0.497 e. The number of nitro groups is 2. The molecule has 0 aliphatic carbocycles. The Morgan fingerprint density at radius 2 is 1.76 bits per heavy atom. The highest BCUT2D eigenvalue weighted by molar-refractivity contribution is 7.15. The van der Waals surface area contributed by atoms with Crippen LogP contribution in [0.1, 0.15) is 22.8 Å². The zero-order chi connectivity index (χ0) is 24.8. The van der Waals surface area contributed by atoms with Crippen molar-refractivity contribution < 1.29 is 28.9 Å². The molecule has 0 unspecified atom stereocenters. The number of non-ortho nitro benzene ring substituents is 1. The molecule has 3 aromatic rings. The molecule has 0 spiro atoms. The van der Waals surface area contributed by atoms with Gasteiger partial charge in [-0.1, -0.05) is 12.1 Å². The van der Waals surface area contributed by atoms with Crippen LogP contribution in [-0.4, -0.2) is 35.4 Å². The van der Waals surface area contributed by atoms with Gasteiger partial charge in [0.1, 0.15) is 16.3 Å². The largest absolute Gasteiger partial charge is 0.497 e. The fourth-order valence-electron chi connectivity index (χ4n) is 3.17. The molecule has 1 amide bonds. The smallest absolute Gasteiger partial charge is 0.341 e. The van der Waals surface area contributed by atoms with Gasteiger partial charge in [-0.3, -0.25) is 25.0 Å². The van der Waals surface area contributed by atoms with Crippen LogP contribution in [-0.2, 0) is 16.0 Å². The summed E-state index contributed by atoms with van der Waals surface area (Å²) in [5.41, 5.74) is 0.401. The van der Waals surface area contributed by atoms with Crippen LogP contribution >= 0.6 is 11.3 Å². The van der Waals surface area contributed by atoms with Gasteiger partial charge in [-0.05, 0) is 30.7 Å². The third-order valence-corrected chi connectivity index (χ3v) is 5.65. The van der Waals surface area contributed by atoms with Crippen molar-refractivity contribution in [3.8, 4) is 16.9 Å². The number of hydrogen-bond acceptors (Lipinski definition) is 9. The Balaban J connectivity index is 1.91. The van der Waals surface area contributed by atoms with Gasteiger partial charge < -0.3 is 14.8 Å². The van der Waals surface area contributed by atoms with Gasteiger partial charge in [0.2, 0.25) is 5.91 Å². The summed E-state index contributed by atoms with van der Waals surface area (Å²) in [6.45, 7) is 1.78. The van der Waals surface area contributed by atoms with Gasteiger partial charge >= 0.3 is 5.97 Å². The van der Waals surface area contributed by atoms with Gasteiger partial charge in [-0.25, -0.2) is 4.79 Å². The summed E-state index contributed by atoms with van der Waals surface area (Å²) >= 11 is 1.10. The first-order valence-corrected chi connectivity index (χ1v) is 10.8. The van der Waals surface area contributed by atoms with Gasteiger partial charge in [0, 0.05) is 22.6 Å². The van der Waals surface area contributed by atoms with E-state index in [-0.39, 0.29) is 22.7 Å². The molecule has 0 aliphatic rings. The predicted molar refractivity (Wildman–Crippen MR) is 124 cm³/mol. The number of nitrogens with one attached hydrogen (secondary N) is 1. The number of carbonyl (C=O) groups is 2. The Hall–Kier alpha value is -4.32. The molecule has 0 fully saturated rings. The lowest BCUT2D eigenvalue weighted by Gasteiger charge is -2.09. The van der Waals surface area contributed by atoms with Crippen LogP contribution < -0.4 is 10.1 Å². The lowest BCUT2D eigenvalue weighted by Crippen LogP contribution is -2.17. The number of carbonyl (C=O) groups excluding carboxylic acids is 2. The normalized spacial score (nSPS) is 10.4. The molecule has 0 atom stereocenters. The van der Waals surface area contributed by atoms with E-state index in [0.717, 1.165) is 23.5 Å². The van der Waals surface area contributed by atoms with E-state index in [1.807, 2.05) is 0 Å². The van der Waals surface area contributed by atoms with Crippen molar-refractivity contribution in [2.45, 2.75) is 13.3 Å². The summed E-state index contributed by atoms with van der Waals surface area (Å²) in [7, 11) is 1.53. The molecular formula is C22H19N3O8S. The number of amides is 1. The minimum absolute atomic E-state index is 0.00211. The van der Waals surface area contributed by atoms with Gasteiger partial charge in [-0.15, -0.1) is 11.3 Å². The molecule has 0 aliphatic heterocycles. The van der Waals surface area contributed by atoms with Crippen molar-refractivity contribution in [3.63, 3.8) is 0 Å². The van der Waals surface area contributed by atoms with E-state index in [2.05, 4.69) is 5.32 Å². The first-order chi connectivity index (χ1) is 16.2. The summed E-state index contributed by atoms with van der Waals surface area (Å²) in [5.74, 6) is -0.633. The lowest BCUT2D eigenvalue weighted by molar-refractivity contribution is -0.394. The number of hydrogen-bond donors (Lipinski definition) is 1. The highest BCUT2D eigenvalue weighted by atomic mass is 32.1. The van der Waals surface area contributed by atoms with Crippen LogP contribution in [0.3, 0.4) is 0 Å². The summed E-state index contributed by atoms with van der Waals surface area (Å²) in [4.78, 5) is 46.1. The first kappa shape index (κ1) is 24.3. The summed E-state index contributed by atoms with van der Waals surface area (Å²) in [6.07, 6.45) is -0.424. The summed E-state index contributed by atoms with van der Waals surface area (Å²) in [6, 6.07) is 10.0. The third-order valence-electron chi connectivity index (χ3n) is 4.75. The van der Waals surface area contributed by atoms with Crippen LogP contribution in [0.15, 0.2) is 47.8 Å². The number of nitro benzene ring substituents is 2. The molecule has 2 aromatic carbocycles. The molecule has 0 radical (unpaired) electrons. The van der Waals surface area contributed by atoms with Gasteiger partial charge in [0.15, 0.2) is 0 Å². The molecule has 11 nitrogen and oxygen atoms in total. The molecule has 1 aromatic heterocycles. The van der Waals surface area contributed by atoms with Crippen molar-refractivity contribution in [2.24, 2.45) is 0 Å². The zero-order valence-electron chi connectivity index (χ0n) is 18.1. The Bertz CT molecular complexity index is 1250. The number of benzene rings is 2. The van der Waals surface area contributed by atoms with Crippen molar-refractivity contribution in [3.05, 3.63) is 79.2 Å². The Kier molecular flexibility index (Phi) is 7.53. The van der Waals surface area contributed by atoms with E-state index in [9.17, 15) is 29.8 Å². The SMILES string of the molecule is CCOC(=O)c1c(-c2ccc(OC)cc2)csc1NC(=O)Cc1ccc([N+](=O)[O-])cc1[N+](=O)[O-]. The van der Waals surface area contributed by atoms with Crippen LogP contribution in [0, 0.1) is 20.2 Å².